The summed E-state index contributed by atoms with van der Waals surface area (Å²) in [6.45, 7) is -0.126. The zero-order chi connectivity index (χ0) is 22.2. The maximum atomic E-state index is 14.5. The number of fused-ring (bicyclic) bond motifs is 1. The van der Waals surface area contributed by atoms with Crippen molar-refractivity contribution in [2.24, 2.45) is 0 Å². The molecule has 3 N–H and O–H groups in total. The quantitative estimate of drug-likeness (QED) is 0.595. The van der Waals surface area contributed by atoms with Crippen LogP contribution in [-0.4, -0.2) is 17.0 Å². The maximum absolute atomic E-state index is 14.5. The molecule has 1 aliphatic rings. The first-order valence-electron chi connectivity index (χ1n) is 9.22. The Hall–Kier alpha value is -3.85. The van der Waals surface area contributed by atoms with E-state index < -0.39 is 40.8 Å². The molecule has 0 aliphatic carbocycles. The number of carbonyl (C=O) groups excluding carboxylic acids is 2. The summed E-state index contributed by atoms with van der Waals surface area (Å²) in [5.41, 5.74) is -3.10. The van der Waals surface area contributed by atoms with Gasteiger partial charge >= 0.3 is 6.03 Å². The number of rotatable bonds is 4. The molecule has 6 nitrogen and oxygen atoms in total. The van der Waals surface area contributed by atoms with Crippen LogP contribution in [0.4, 0.5) is 29.3 Å². The smallest absolute Gasteiger partial charge is 0.329 e. The van der Waals surface area contributed by atoms with Crippen molar-refractivity contribution in [2.45, 2.75) is 12.3 Å². The molecule has 9 heteroatoms. The number of hydrogen-bond donors (Lipinski definition) is 3. The van der Waals surface area contributed by atoms with E-state index in [1.165, 1.54) is 42.5 Å². The third-order valence-electron chi connectivity index (χ3n) is 4.92. The van der Waals surface area contributed by atoms with Crippen molar-refractivity contribution in [3.05, 3.63) is 95.3 Å². The van der Waals surface area contributed by atoms with Gasteiger partial charge in [-0.3, -0.25) is 4.79 Å². The lowest BCUT2D eigenvalue weighted by molar-refractivity contribution is -0.140. The van der Waals surface area contributed by atoms with E-state index in [4.69, 9.17) is 0 Å². The molecule has 0 saturated carbocycles. The van der Waals surface area contributed by atoms with Crippen LogP contribution in [0.25, 0.3) is 0 Å². The minimum absolute atomic E-state index is 0.0751. The highest BCUT2D eigenvalue weighted by Crippen LogP contribution is 2.41. The first kappa shape index (κ1) is 20.4. The van der Waals surface area contributed by atoms with Crippen molar-refractivity contribution in [1.82, 2.24) is 5.32 Å². The zero-order valence-electron chi connectivity index (χ0n) is 15.9. The van der Waals surface area contributed by atoms with Gasteiger partial charge in [0, 0.05) is 12.1 Å². The molecule has 0 aromatic heterocycles. The molecule has 0 spiro atoms. The Morgan fingerprint density at radius 1 is 0.968 bits per heavy atom. The first-order valence-corrected chi connectivity index (χ1v) is 9.22. The van der Waals surface area contributed by atoms with Gasteiger partial charge in [-0.2, -0.15) is 0 Å². The Labute approximate surface area is 174 Å². The average molecular weight is 427 g/mol. The van der Waals surface area contributed by atoms with Gasteiger partial charge in [-0.15, -0.1) is 0 Å². The number of hydrogen-bond acceptors (Lipinski definition) is 3. The molecule has 3 aromatic rings. The highest BCUT2D eigenvalue weighted by atomic mass is 19.1. The molecular weight excluding hydrogens is 411 g/mol. The van der Waals surface area contributed by atoms with Crippen LogP contribution in [0.2, 0.25) is 0 Å². The summed E-state index contributed by atoms with van der Waals surface area (Å²) in [6.07, 6.45) is 0. The van der Waals surface area contributed by atoms with Crippen LogP contribution in [0, 0.1) is 17.5 Å². The molecule has 1 atom stereocenters. The number of amides is 3. The van der Waals surface area contributed by atoms with E-state index in [1.54, 1.807) is 6.07 Å². The second-order valence-corrected chi connectivity index (χ2v) is 6.86. The highest BCUT2D eigenvalue weighted by molar-refractivity contribution is 6.11. The number of nitrogens with zero attached hydrogens (tertiary/aromatic N) is 1. The van der Waals surface area contributed by atoms with E-state index in [9.17, 15) is 27.9 Å². The summed E-state index contributed by atoms with van der Waals surface area (Å²) in [5.74, 6) is -3.84. The second kappa shape index (κ2) is 7.77. The third-order valence-corrected chi connectivity index (χ3v) is 4.92. The van der Waals surface area contributed by atoms with Gasteiger partial charge in [0.2, 0.25) is 0 Å². The van der Waals surface area contributed by atoms with E-state index in [0.717, 1.165) is 18.2 Å². The van der Waals surface area contributed by atoms with Gasteiger partial charge in [-0.25, -0.2) is 22.9 Å². The topological polar surface area (TPSA) is 81.7 Å². The number of carbonyl (C=O) groups is 2. The summed E-state index contributed by atoms with van der Waals surface area (Å²) in [7, 11) is 0. The van der Waals surface area contributed by atoms with E-state index in [2.05, 4.69) is 10.6 Å². The number of para-hydroxylation sites is 2. The Bertz CT molecular complexity index is 1150. The Kier molecular flexibility index (Phi) is 5.12. The minimum Gasteiger partial charge on any atom is -0.359 e. The molecule has 31 heavy (non-hydrogen) atoms. The molecule has 0 saturated heterocycles. The fraction of sp³-hybridized carbons (Fsp3) is 0.0909. The summed E-state index contributed by atoms with van der Waals surface area (Å²) in [4.78, 5) is 26.3. The summed E-state index contributed by atoms with van der Waals surface area (Å²) < 4.78 is 42.2. The van der Waals surface area contributed by atoms with E-state index >= 15 is 0 Å². The van der Waals surface area contributed by atoms with Crippen molar-refractivity contribution >= 4 is 23.3 Å². The van der Waals surface area contributed by atoms with Crippen LogP contribution in [0.5, 0.6) is 0 Å². The van der Waals surface area contributed by atoms with Crippen molar-refractivity contribution in [1.29, 1.82) is 0 Å². The van der Waals surface area contributed by atoms with Gasteiger partial charge in [0.1, 0.15) is 23.1 Å². The fourth-order valence-electron chi connectivity index (χ4n) is 3.43. The average Bonchev–Trinajstić information content (AvgIpc) is 2.75. The summed E-state index contributed by atoms with van der Waals surface area (Å²) >= 11 is 0. The molecule has 3 aromatic carbocycles. The number of nitrogens with one attached hydrogen (secondary N) is 2. The van der Waals surface area contributed by atoms with Crippen molar-refractivity contribution < 1.29 is 27.9 Å². The Morgan fingerprint density at radius 3 is 2.29 bits per heavy atom. The lowest BCUT2D eigenvalue weighted by atomic mass is 9.94. The molecule has 158 valence electrons. The molecule has 3 amide bonds. The fourth-order valence-corrected chi connectivity index (χ4v) is 3.43. The number of aliphatic hydroxyl groups is 1. The molecule has 4 rings (SSSR count). The van der Waals surface area contributed by atoms with Crippen LogP contribution in [-0.2, 0) is 17.1 Å². The monoisotopic (exact) mass is 427 g/mol. The van der Waals surface area contributed by atoms with Gasteiger partial charge in [-0.05, 0) is 35.9 Å². The normalized spacial score (nSPS) is 17.7. The minimum atomic E-state index is -2.76. The molecule has 1 heterocycles. The lowest BCUT2D eigenvalue weighted by Gasteiger charge is -2.42. The Morgan fingerprint density at radius 2 is 1.61 bits per heavy atom. The molecule has 0 fully saturated rings. The van der Waals surface area contributed by atoms with Crippen LogP contribution >= 0.6 is 0 Å². The van der Waals surface area contributed by atoms with Crippen molar-refractivity contribution in [3.63, 3.8) is 0 Å². The Balaban J connectivity index is 1.79. The van der Waals surface area contributed by atoms with Gasteiger partial charge in [-0.1, -0.05) is 36.4 Å². The first-order chi connectivity index (χ1) is 14.8. The van der Waals surface area contributed by atoms with E-state index in [-0.39, 0.29) is 17.8 Å². The van der Waals surface area contributed by atoms with Gasteiger partial charge in [0.15, 0.2) is 0 Å². The maximum Gasteiger partial charge on any atom is 0.329 e. The summed E-state index contributed by atoms with van der Waals surface area (Å²) in [5, 5.41) is 16.4. The van der Waals surface area contributed by atoms with Crippen molar-refractivity contribution in [3.8, 4) is 0 Å². The number of benzene rings is 3. The van der Waals surface area contributed by atoms with Crippen LogP contribution in [0.3, 0.4) is 0 Å². The molecule has 0 unspecified atom stereocenters. The third kappa shape index (κ3) is 3.49. The molecular formula is C22H16F3N3O3. The van der Waals surface area contributed by atoms with Crippen LogP contribution in [0.15, 0.2) is 66.7 Å². The van der Waals surface area contributed by atoms with Crippen molar-refractivity contribution in [2.75, 3.05) is 10.2 Å². The number of halogens is 3. The predicted molar refractivity (Wildman–Crippen MR) is 106 cm³/mol. The standard InChI is InChI=1S/C22H16F3N3O3/c23-14-10-8-13(9-11-14)12-26-20(29)22(31)15-4-1-2-7-18(15)27-21(30)28(22)19-16(24)5-3-6-17(19)25/h1-11,31H,12H2,(H,26,29)(H,27,30)/t22-/m0/s1. The van der Waals surface area contributed by atoms with Gasteiger partial charge in [0.05, 0.1) is 5.69 Å². The van der Waals surface area contributed by atoms with E-state index in [0.29, 0.717) is 10.5 Å². The molecule has 1 aliphatic heterocycles. The second-order valence-electron chi connectivity index (χ2n) is 6.86. The largest absolute Gasteiger partial charge is 0.359 e. The predicted octanol–water partition coefficient (Wildman–Crippen LogP) is 3.62. The van der Waals surface area contributed by atoms with E-state index in [1.807, 2.05) is 0 Å². The number of urea groups is 1. The van der Waals surface area contributed by atoms with Crippen LogP contribution < -0.4 is 15.5 Å². The number of anilines is 2. The van der Waals surface area contributed by atoms with Gasteiger partial charge in [0.25, 0.3) is 11.6 Å². The highest BCUT2D eigenvalue weighted by Gasteiger charge is 2.53. The molecule has 0 bridgehead atoms. The van der Waals surface area contributed by atoms with Gasteiger partial charge < -0.3 is 15.7 Å². The molecule has 0 radical (unpaired) electrons. The summed E-state index contributed by atoms with van der Waals surface area (Å²) in [6, 6.07) is 12.9. The SMILES string of the molecule is O=C1Nc2ccccc2[C@](O)(C(=O)NCc2ccc(F)cc2)N1c1c(F)cccc1F. The van der Waals surface area contributed by atoms with Crippen LogP contribution in [0.1, 0.15) is 11.1 Å². The lowest BCUT2D eigenvalue weighted by Crippen LogP contribution is -2.62. The zero-order valence-corrected chi connectivity index (χ0v) is 15.9.